The predicted molar refractivity (Wildman–Crippen MR) is 88.5 cm³/mol. The molecule has 0 bridgehead atoms. The molecule has 1 saturated carbocycles. The van der Waals surface area contributed by atoms with Gasteiger partial charge in [0.25, 0.3) is 0 Å². The van der Waals surface area contributed by atoms with E-state index in [1.165, 1.54) is 52.4 Å². The Morgan fingerprint density at radius 2 is 1.76 bits per heavy atom. The molecule has 0 spiro atoms. The first-order valence-corrected chi connectivity index (χ1v) is 8.95. The van der Waals surface area contributed by atoms with E-state index in [-0.39, 0.29) is 5.54 Å². The van der Waals surface area contributed by atoms with Crippen LogP contribution in [-0.2, 0) is 18.4 Å². The van der Waals surface area contributed by atoms with Crippen LogP contribution in [0.3, 0.4) is 0 Å². The summed E-state index contributed by atoms with van der Waals surface area (Å²) < 4.78 is 0. The Hall–Kier alpha value is -1.19. The highest BCUT2D eigenvalue weighted by Crippen LogP contribution is 2.42. The maximum atomic E-state index is 6.76. The van der Waals surface area contributed by atoms with E-state index in [2.05, 4.69) is 24.3 Å². The normalized spacial score (nSPS) is 20.4. The van der Waals surface area contributed by atoms with Gasteiger partial charge in [-0.05, 0) is 31.2 Å². The second kappa shape index (κ2) is 5.22. The van der Waals surface area contributed by atoms with Gasteiger partial charge in [-0.25, -0.2) is 4.98 Å². The van der Waals surface area contributed by atoms with E-state index in [0.29, 0.717) is 0 Å². The lowest BCUT2D eigenvalue weighted by Gasteiger charge is -2.25. The largest absolute Gasteiger partial charge is 0.319 e. The van der Waals surface area contributed by atoms with Gasteiger partial charge in [-0.15, -0.1) is 11.3 Å². The van der Waals surface area contributed by atoms with Gasteiger partial charge >= 0.3 is 0 Å². The Morgan fingerprint density at radius 3 is 2.57 bits per heavy atom. The molecule has 2 N–H and O–H groups in total. The van der Waals surface area contributed by atoms with Crippen molar-refractivity contribution in [3.05, 3.63) is 39.7 Å². The number of nitrogens with zero attached hydrogens (tertiary/aromatic N) is 1. The lowest BCUT2D eigenvalue weighted by atomic mass is 9.91. The third kappa shape index (κ3) is 2.33. The zero-order valence-corrected chi connectivity index (χ0v) is 13.2. The van der Waals surface area contributed by atoms with Crippen LogP contribution in [0, 0.1) is 0 Å². The predicted octanol–water partition coefficient (Wildman–Crippen LogP) is 4.42. The van der Waals surface area contributed by atoms with Gasteiger partial charge in [-0.3, -0.25) is 0 Å². The average Bonchev–Trinajstić information content (AvgIpc) is 2.85. The van der Waals surface area contributed by atoms with Crippen molar-refractivity contribution < 1.29 is 0 Å². The number of aromatic nitrogens is 1. The second-order valence-electron chi connectivity index (χ2n) is 6.52. The van der Waals surface area contributed by atoms with Crippen LogP contribution in [0.1, 0.15) is 54.0 Å². The topological polar surface area (TPSA) is 38.9 Å². The van der Waals surface area contributed by atoms with Crippen LogP contribution in [0.25, 0.3) is 11.3 Å². The monoisotopic (exact) mass is 298 g/mol. The fraction of sp³-hybridized carbons (Fsp3) is 0.500. The molecule has 2 nitrogen and oxygen atoms in total. The molecule has 3 heteroatoms. The number of hydrogen-bond donors (Lipinski definition) is 1. The summed E-state index contributed by atoms with van der Waals surface area (Å²) in [5, 5.41) is 1.19. The molecule has 2 aliphatic carbocycles. The van der Waals surface area contributed by atoms with Crippen molar-refractivity contribution in [3.63, 3.8) is 0 Å². The molecule has 4 rings (SSSR count). The highest BCUT2D eigenvalue weighted by Gasteiger charge is 2.33. The Morgan fingerprint density at radius 1 is 1.00 bits per heavy atom. The van der Waals surface area contributed by atoms with Gasteiger partial charge in [0.1, 0.15) is 5.01 Å². The number of nitrogens with two attached hydrogens (primary N) is 1. The molecule has 2 aromatic rings. The fourth-order valence-corrected chi connectivity index (χ4v) is 4.97. The third-order valence-corrected chi connectivity index (χ3v) is 6.35. The van der Waals surface area contributed by atoms with Gasteiger partial charge in [0, 0.05) is 10.4 Å². The standard InChI is InChI=1S/C18H22N2S/c19-18(11-5-1-2-6-12-18)17-20-16-14-8-4-3-7-13(14)9-10-15(16)21-17/h3-4,7-8H,1-2,5-6,9-12,19H2. The number of thiazole rings is 1. The molecule has 0 aliphatic heterocycles. The molecule has 1 aromatic carbocycles. The van der Waals surface area contributed by atoms with Crippen molar-refractivity contribution in [1.29, 1.82) is 0 Å². The maximum Gasteiger partial charge on any atom is 0.113 e. The summed E-state index contributed by atoms with van der Waals surface area (Å²) in [7, 11) is 0. The van der Waals surface area contributed by atoms with Gasteiger partial charge in [-0.1, -0.05) is 49.9 Å². The molecule has 21 heavy (non-hydrogen) atoms. The molecule has 1 heterocycles. The molecule has 110 valence electrons. The smallest absolute Gasteiger partial charge is 0.113 e. The average molecular weight is 298 g/mol. The van der Waals surface area contributed by atoms with Crippen LogP contribution in [0.2, 0.25) is 0 Å². The van der Waals surface area contributed by atoms with Crippen molar-refractivity contribution in [2.45, 2.75) is 56.9 Å². The highest BCUT2D eigenvalue weighted by atomic mass is 32.1. The summed E-state index contributed by atoms with van der Waals surface area (Å²) in [6.45, 7) is 0. The fourth-order valence-electron chi connectivity index (χ4n) is 3.74. The summed E-state index contributed by atoms with van der Waals surface area (Å²) in [5.74, 6) is 0. The summed E-state index contributed by atoms with van der Waals surface area (Å²) in [6, 6.07) is 8.71. The Bertz CT molecular complexity index is 651. The van der Waals surface area contributed by atoms with Crippen molar-refractivity contribution >= 4 is 11.3 Å². The van der Waals surface area contributed by atoms with Crippen LogP contribution in [-0.4, -0.2) is 4.98 Å². The number of rotatable bonds is 1. The van der Waals surface area contributed by atoms with Crippen LogP contribution in [0.4, 0.5) is 0 Å². The zero-order valence-electron chi connectivity index (χ0n) is 12.4. The first-order chi connectivity index (χ1) is 10.3. The van der Waals surface area contributed by atoms with Gasteiger partial charge in [0.15, 0.2) is 0 Å². The van der Waals surface area contributed by atoms with Gasteiger partial charge < -0.3 is 5.73 Å². The van der Waals surface area contributed by atoms with E-state index < -0.39 is 0 Å². The first kappa shape index (κ1) is 13.5. The number of fused-ring (bicyclic) bond motifs is 3. The summed E-state index contributed by atoms with van der Waals surface area (Å²) in [4.78, 5) is 6.47. The molecule has 0 saturated heterocycles. The van der Waals surface area contributed by atoms with E-state index >= 15 is 0 Å². The first-order valence-electron chi connectivity index (χ1n) is 8.14. The van der Waals surface area contributed by atoms with Crippen LogP contribution in [0.15, 0.2) is 24.3 Å². The van der Waals surface area contributed by atoms with E-state index in [0.717, 1.165) is 25.7 Å². The number of benzene rings is 1. The van der Waals surface area contributed by atoms with Gasteiger partial charge in [0.2, 0.25) is 0 Å². The molecule has 0 atom stereocenters. The molecule has 0 amide bonds. The molecular weight excluding hydrogens is 276 g/mol. The van der Waals surface area contributed by atoms with E-state index in [9.17, 15) is 0 Å². The Kier molecular flexibility index (Phi) is 3.35. The van der Waals surface area contributed by atoms with Crippen molar-refractivity contribution in [3.8, 4) is 11.3 Å². The van der Waals surface area contributed by atoms with Gasteiger partial charge in [-0.2, -0.15) is 0 Å². The minimum Gasteiger partial charge on any atom is -0.319 e. The minimum atomic E-state index is -0.173. The Balaban J connectivity index is 1.76. The lowest BCUT2D eigenvalue weighted by Crippen LogP contribution is -2.35. The zero-order chi connectivity index (χ0) is 14.3. The summed E-state index contributed by atoms with van der Waals surface area (Å²) in [5.41, 5.74) is 10.6. The molecule has 2 aliphatic rings. The van der Waals surface area contributed by atoms with Crippen molar-refractivity contribution in [2.24, 2.45) is 5.73 Å². The maximum absolute atomic E-state index is 6.76. The molecule has 1 aromatic heterocycles. The molecule has 1 fully saturated rings. The number of aryl methyl sites for hydroxylation is 2. The van der Waals surface area contributed by atoms with Crippen LogP contribution >= 0.6 is 11.3 Å². The molecule has 0 unspecified atom stereocenters. The Labute approximate surface area is 130 Å². The van der Waals surface area contributed by atoms with Crippen molar-refractivity contribution in [1.82, 2.24) is 4.98 Å². The molecular formula is C18H22N2S. The highest BCUT2D eigenvalue weighted by molar-refractivity contribution is 7.12. The molecule has 0 radical (unpaired) electrons. The second-order valence-corrected chi connectivity index (χ2v) is 7.60. The summed E-state index contributed by atoms with van der Waals surface area (Å²) >= 11 is 1.88. The third-order valence-electron chi connectivity index (χ3n) is 5.01. The van der Waals surface area contributed by atoms with Gasteiger partial charge in [0.05, 0.1) is 11.2 Å². The van der Waals surface area contributed by atoms with E-state index in [1.54, 1.807) is 0 Å². The van der Waals surface area contributed by atoms with Crippen LogP contribution < -0.4 is 5.73 Å². The van der Waals surface area contributed by atoms with Crippen molar-refractivity contribution in [2.75, 3.05) is 0 Å². The summed E-state index contributed by atoms with van der Waals surface area (Å²) in [6.07, 6.45) is 9.61. The number of hydrogen-bond acceptors (Lipinski definition) is 3. The van der Waals surface area contributed by atoms with Crippen LogP contribution in [0.5, 0.6) is 0 Å². The quantitative estimate of drug-likeness (QED) is 0.792. The minimum absolute atomic E-state index is 0.173. The van der Waals surface area contributed by atoms with E-state index in [1.807, 2.05) is 11.3 Å². The van der Waals surface area contributed by atoms with E-state index in [4.69, 9.17) is 10.7 Å². The lowest BCUT2D eigenvalue weighted by molar-refractivity contribution is 0.384. The SMILES string of the molecule is NC1(c2nc3c(s2)CCc2ccccc2-3)CCCCCC1.